The number of amides is 1. The van der Waals surface area contributed by atoms with Crippen molar-refractivity contribution in [3.63, 3.8) is 0 Å². The van der Waals surface area contributed by atoms with Crippen molar-refractivity contribution in [3.05, 3.63) is 39.8 Å². The summed E-state index contributed by atoms with van der Waals surface area (Å²) in [7, 11) is 0. The van der Waals surface area contributed by atoms with Gasteiger partial charge in [0.1, 0.15) is 16.5 Å². The first-order valence-corrected chi connectivity index (χ1v) is 6.15. The van der Waals surface area contributed by atoms with E-state index in [-0.39, 0.29) is 23.0 Å². The smallest absolute Gasteiger partial charge is 0.251 e. The standard InChI is InChI=1S/C12H12N2O3S/c1-7-6-18-11(14-7)5-13-12(17)8-2-9(15)4-10(16)3-8/h2-4,6,15-16H,5H2,1H3,(H,13,17). The lowest BCUT2D eigenvalue weighted by Gasteiger charge is -2.04. The highest BCUT2D eigenvalue weighted by Gasteiger charge is 2.09. The zero-order valence-corrected chi connectivity index (χ0v) is 10.5. The molecular formula is C12H12N2O3S. The van der Waals surface area contributed by atoms with Gasteiger partial charge in [-0.1, -0.05) is 0 Å². The van der Waals surface area contributed by atoms with E-state index in [4.69, 9.17) is 0 Å². The molecule has 1 heterocycles. The average Bonchev–Trinajstić information content (AvgIpc) is 2.70. The summed E-state index contributed by atoms with van der Waals surface area (Å²) in [6.07, 6.45) is 0. The van der Waals surface area contributed by atoms with Gasteiger partial charge >= 0.3 is 0 Å². The molecular weight excluding hydrogens is 252 g/mol. The number of hydrogen-bond acceptors (Lipinski definition) is 5. The number of nitrogens with one attached hydrogen (secondary N) is 1. The Labute approximate surface area is 108 Å². The van der Waals surface area contributed by atoms with Crippen molar-refractivity contribution in [1.82, 2.24) is 10.3 Å². The Hall–Kier alpha value is -2.08. The molecule has 18 heavy (non-hydrogen) atoms. The molecule has 0 unspecified atom stereocenters. The van der Waals surface area contributed by atoms with Gasteiger partial charge in [-0.05, 0) is 19.1 Å². The van der Waals surface area contributed by atoms with Gasteiger partial charge in [0.15, 0.2) is 0 Å². The number of nitrogens with zero attached hydrogens (tertiary/aromatic N) is 1. The van der Waals surface area contributed by atoms with Crippen molar-refractivity contribution >= 4 is 17.2 Å². The van der Waals surface area contributed by atoms with E-state index >= 15 is 0 Å². The van der Waals surface area contributed by atoms with Crippen molar-refractivity contribution in [2.45, 2.75) is 13.5 Å². The van der Waals surface area contributed by atoms with Crippen molar-refractivity contribution in [2.75, 3.05) is 0 Å². The van der Waals surface area contributed by atoms with E-state index in [0.29, 0.717) is 6.54 Å². The molecule has 1 aromatic carbocycles. The van der Waals surface area contributed by atoms with Crippen LogP contribution in [0.3, 0.4) is 0 Å². The number of rotatable bonds is 3. The number of hydrogen-bond donors (Lipinski definition) is 3. The molecule has 0 saturated carbocycles. The maximum absolute atomic E-state index is 11.8. The van der Waals surface area contributed by atoms with E-state index in [9.17, 15) is 15.0 Å². The fourth-order valence-electron chi connectivity index (χ4n) is 1.47. The molecule has 3 N–H and O–H groups in total. The van der Waals surface area contributed by atoms with Gasteiger partial charge in [0, 0.05) is 22.7 Å². The van der Waals surface area contributed by atoms with Crippen LogP contribution in [0.25, 0.3) is 0 Å². The second kappa shape index (κ2) is 5.05. The number of carbonyl (C=O) groups excluding carboxylic acids is 1. The van der Waals surface area contributed by atoms with E-state index in [0.717, 1.165) is 10.7 Å². The summed E-state index contributed by atoms with van der Waals surface area (Å²) in [6.45, 7) is 2.21. The number of thiazole rings is 1. The minimum absolute atomic E-state index is 0.148. The molecule has 1 amide bonds. The van der Waals surface area contributed by atoms with Crippen LogP contribution >= 0.6 is 11.3 Å². The summed E-state index contributed by atoms with van der Waals surface area (Å²) in [4.78, 5) is 16.0. The van der Waals surface area contributed by atoms with Gasteiger partial charge in [-0.25, -0.2) is 4.98 Å². The quantitative estimate of drug-likeness (QED) is 0.789. The number of aromatic hydroxyl groups is 2. The number of phenolic OH excluding ortho intramolecular Hbond substituents is 2. The van der Waals surface area contributed by atoms with Crippen LogP contribution in [-0.4, -0.2) is 21.1 Å². The van der Waals surface area contributed by atoms with Crippen molar-refractivity contribution in [1.29, 1.82) is 0 Å². The molecule has 94 valence electrons. The van der Waals surface area contributed by atoms with Gasteiger partial charge in [-0.15, -0.1) is 11.3 Å². The van der Waals surface area contributed by atoms with Crippen LogP contribution in [0.4, 0.5) is 0 Å². The molecule has 0 fully saturated rings. The molecule has 6 heteroatoms. The van der Waals surface area contributed by atoms with E-state index < -0.39 is 0 Å². The topological polar surface area (TPSA) is 82.5 Å². The first kappa shape index (κ1) is 12.4. The van der Waals surface area contributed by atoms with Crippen LogP contribution in [0.2, 0.25) is 0 Å². The van der Waals surface area contributed by atoms with Crippen molar-refractivity contribution in [2.24, 2.45) is 0 Å². The Balaban J connectivity index is 2.03. The molecule has 2 aromatic rings. The zero-order chi connectivity index (χ0) is 13.1. The van der Waals surface area contributed by atoms with Gasteiger partial charge in [0.05, 0.1) is 6.54 Å². The summed E-state index contributed by atoms with van der Waals surface area (Å²) in [6, 6.07) is 3.76. The Morgan fingerprint density at radius 2 is 2.00 bits per heavy atom. The summed E-state index contributed by atoms with van der Waals surface area (Å²) in [5.41, 5.74) is 1.13. The van der Waals surface area contributed by atoms with Crippen LogP contribution < -0.4 is 5.32 Å². The minimum Gasteiger partial charge on any atom is -0.508 e. The van der Waals surface area contributed by atoms with Crippen LogP contribution in [0, 0.1) is 6.92 Å². The molecule has 0 aliphatic rings. The lowest BCUT2D eigenvalue weighted by molar-refractivity contribution is 0.0950. The van der Waals surface area contributed by atoms with Crippen LogP contribution in [0.5, 0.6) is 11.5 Å². The van der Waals surface area contributed by atoms with E-state index in [2.05, 4.69) is 10.3 Å². The predicted octanol–water partition coefficient (Wildman–Crippen LogP) is 1.79. The van der Waals surface area contributed by atoms with Gasteiger partial charge in [0.25, 0.3) is 5.91 Å². The van der Waals surface area contributed by atoms with Crippen molar-refractivity contribution in [3.8, 4) is 11.5 Å². The fraction of sp³-hybridized carbons (Fsp3) is 0.167. The summed E-state index contributed by atoms with van der Waals surface area (Å²) in [5.74, 6) is -0.662. The maximum Gasteiger partial charge on any atom is 0.251 e. The first-order chi connectivity index (χ1) is 8.54. The minimum atomic E-state index is -0.367. The largest absolute Gasteiger partial charge is 0.508 e. The van der Waals surface area contributed by atoms with Gasteiger partial charge in [-0.2, -0.15) is 0 Å². The highest BCUT2D eigenvalue weighted by Crippen LogP contribution is 2.20. The number of carbonyl (C=O) groups is 1. The molecule has 0 radical (unpaired) electrons. The third-order valence-electron chi connectivity index (χ3n) is 2.23. The Kier molecular flexibility index (Phi) is 3.47. The first-order valence-electron chi connectivity index (χ1n) is 5.27. The number of aromatic nitrogens is 1. The fourth-order valence-corrected chi connectivity index (χ4v) is 2.18. The highest BCUT2D eigenvalue weighted by molar-refractivity contribution is 7.09. The second-order valence-corrected chi connectivity index (χ2v) is 4.75. The van der Waals surface area contributed by atoms with Gasteiger partial charge < -0.3 is 15.5 Å². The molecule has 5 nitrogen and oxygen atoms in total. The summed E-state index contributed by atoms with van der Waals surface area (Å²) >= 11 is 1.47. The summed E-state index contributed by atoms with van der Waals surface area (Å²) in [5, 5.41) is 23.9. The Morgan fingerprint density at radius 3 is 2.56 bits per heavy atom. The lowest BCUT2D eigenvalue weighted by atomic mass is 10.2. The normalized spacial score (nSPS) is 10.3. The molecule has 0 bridgehead atoms. The van der Waals surface area contributed by atoms with Crippen LogP contribution in [0.1, 0.15) is 21.1 Å². The van der Waals surface area contributed by atoms with Gasteiger partial charge in [0.2, 0.25) is 0 Å². The highest BCUT2D eigenvalue weighted by atomic mass is 32.1. The molecule has 0 aliphatic heterocycles. The Bertz CT molecular complexity index is 560. The molecule has 1 aromatic heterocycles. The number of aryl methyl sites for hydroxylation is 1. The number of benzene rings is 1. The third kappa shape index (κ3) is 2.98. The molecule has 0 atom stereocenters. The monoisotopic (exact) mass is 264 g/mol. The maximum atomic E-state index is 11.8. The Morgan fingerprint density at radius 1 is 1.33 bits per heavy atom. The van der Waals surface area contributed by atoms with E-state index in [1.165, 1.54) is 29.5 Å². The molecule has 0 saturated heterocycles. The lowest BCUT2D eigenvalue weighted by Crippen LogP contribution is -2.22. The van der Waals surface area contributed by atoms with Crippen molar-refractivity contribution < 1.29 is 15.0 Å². The average molecular weight is 264 g/mol. The van der Waals surface area contributed by atoms with Gasteiger partial charge in [-0.3, -0.25) is 4.79 Å². The molecule has 2 rings (SSSR count). The summed E-state index contributed by atoms with van der Waals surface area (Å²) < 4.78 is 0. The zero-order valence-electron chi connectivity index (χ0n) is 9.67. The van der Waals surface area contributed by atoms with E-state index in [1.54, 1.807) is 0 Å². The SMILES string of the molecule is Cc1csc(CNC(=O)c2cc(O)cc(O)c2)n1. The second-order valence-electron chi connectivity index (χ2n) is 3.80. The van der Waals surface area contributed by atoms with Crippen LogP contribution in [0.15, 0.2) is 23.6 Å². The number of phenols is 2. The molecule has 0 spiro atoms. The molecule has 0 aliphatic carbocycles. The predicted molar refractivity (Wildman–Crippen MR) is 67.8 cm³/mol. The van der Waals surface area contributed by atoms with E-state index in [1.807, 2.05) is 12.3 Å². The van der Waals surface area contributed by atoms with Crippen LogP contribution in [-0.2, 0) is 6.54 Å². The third-order valence-corrected chi connectivity index (χ3v) is 3.20.